The van der Waals surface area contributed by atoms with Crippen LogP contribution in [0, 0.1) is 5.41 Å². The van der Waals surface area contributed by atoms with E-state index in [4.69, 9.17) is 28.7 Å². The van der Waals surface area contributed by atoms with Crippen LogP contribution in [-0.2, 0) is 41.5 Å². The molecule has 1 aromatic heterocycles. The summed E-state index contributed by atoms with van der Waals surface area (Å²) >= 11 is 0. The third-order valence-electron chi connectivity index (χ3n) is 10.2. The van der Waals surface area contributed by atoms with E-state index >= 15 is 0 Å². The van der Waals surface area contributed by atoms with E-state index in [9.17, 15) is 39.0 Å². The van der Waals surface area contributed by atoms with Crippen molar-refractivity contribution >= 4 is 21.6 Å². The molecule has 0 amide bonds. The number of aliphatic hydroxyl groups is 2. The van der Waals surface area contributed by atoms with Crippen molar-refractivity contribution in [2.75, 3.05) is 26.4 Å². The number of aromatic nitrogens is 2. The third-order valence-corrected chi connectivity index (χ3v) is 12.8. The largest absolute Gasteiger partial charge is 1.00 e. The zero-order chi connectivity index (χ0) is 43.4. The number of nitrogens with one attached hydrogen (secondary N) is 1. The van der Waals surface area contributed by atoms with Gasteiger partial charge >= 0.3 is 72.9 Å². The van der Waals surface area contributed by atoms with Gasteiger partial charge in [-0.3, -0.25) is 19.3 Å². The molecule has 344 valence electrons. The summed E-state index contributed by atoms with van der Waals surface area (Å²) in [6.07, 6.45) is 20.1. The predicted octanol–water partition coefficient (Wildman–Crippen LogP) is 1.01. The number of nitrogens with zero attached hydrogens (tertiary/aromatic N) is 2. The summed E-state index contributed by atoms with van der Waals surface area (Å²) in [6, 6.07) is 0.190. The molecule has 2 heterocycles. The molecule has 2 rings (SSSR count). The molecule has 1 aromatic rings. The molecule has 1 fully saturated rings. The maximum Gasteiger partial charge on any atom is 1.00 e. The van der Waals surface area contributed by atoms with E-state index in [0.29, 0.717) is 13.0 Å². The normalized spacial score (nSPS) is 20.0. The number of carbonyl (C=O) groups excluding carboxylic acids is 1. The molecule has 21 heteroatoms. The van der Waals surface area contributed by atoms with Gasteiger partial charge < -0.3 is 48.4 Å². The van der Waals surface area contributed by atoms with Gasteiger partial charge in [0.15, 0.2) is 6.23 Å². The number of ether oxygens (including phenoxy) is 3. The number of hydrogen-bond donors (Lipinski definition) is 4. The van der Waals surface area contributed by atoms with Crippen molar-refractivity contribution in [1.82, 2.24) is 9.55 Å². The van der Waals surface area contributed by atoms with Gasteiger partial charge in [-0.25, -0.2) is 13.9 Å². The number of phosphoric acid groups is 2. The molecule has 4 N–H and O–H groups in total. The van der Waals surface area contributed by atoms with Crippen LogP contribution in [0.15, 0.2) is 12.3 Å². The minimum Gasteiger partial charge on any atom is -0.846 e. The summed E-state index contributed by atoms with van der Waals surface area (Å²) in [5.41, 5.74) is -0.340. The van der Waals surface area contributed by atoms with E-state index < -0.39 is 71.5 Å². The molecule has 61 heavy (non-hydrogen) atoms. The fourth-order valence-corrected chi connectivity index (χ4v) is 8.85. The minimum atomic E-state index is -5.55. The van der Waals surface area contributed by atoms with Crippen LogP contribution >= 0.6 is 15.6 Å². The first kappa shape index (κ1) is 61.2. The Hall–Kier alpha value is 0.250. The quantitative estimate of drug-likeness (QED) is 0.0315. The average Bonchev–Trinajstić information content (AvgIpc) is 3.46. The summed E-state index contributed by atoms with van der Waals surface area (Å²) in [5, 5.41) is 40.3. The Labute approximate surface area is 408 Å². The van der Waals surface area contributed by atoms with Crippen molar-refractivity contribution in [3.63, 3.8) is 0 Å². The summed E-state index contributed by atoms with van der Waals surface area (Å²) < 4.78 is 56.6. The molecule has 0 spiro atoms. The number of unbranched alkanes of at least 4 members (excludes halogenated alkanes) is 21. The second-order valence-corrected chi connectivity index (χ2v) is 18.5. The maximum atomic E-state index is 12.7. The van der Waals surface area contributed by atoms with Gasteiger partial charge in [-0.05, 0) is 18.9 Å². The fraction of sp³-hybridized carbons (Fsp3) is 0.875. The second-order valence-electron chi connectivity index (χ2n) is 15.5. The van der Waals surface area contributed by atoms with Crippen LogP contribution < -0.4 is 74.6 Å². The van der Waals surface area contributed by atoms with Gasteiger partial charge in [-0.2, -0.15) is 0 Å². The van der Waals surface area contributed by atoms with Crippen molar-refractivity contribution in [2.24, 2.45) is 0 Å². The Bertz CT molecular complexity index is 1430. The van der Waals surface area contributed by atoms with E-state index in [-0.39, 0.29) is 77.6 Å². The minimum absolute atomic E-state index is 0. The van der Waals surface area contributed by atoms with Crippen molar-refractivity contribution < 1.29 is 126 Å². The molecular formula is C40H73N3Na2O14P2. The zero-order valence-electron chi connectivity index (χ0n) is 37.5. The first-order valence-corrected chi connectivity index (χ1v) is 25.0. The summed E-state index contributed by atoms with van der Waals surface area (Å²) in [7, 11) is -11.0. The first-order valence-electron chi connectivity index (χ1n) is 22.0. The smallest absolute Gasteiger partial charge is 0.846 e. The van der Waals surface area contributed by atoms with Crippen molar-refractivity contribution in [1.29, 1.82) is 5.41 Å². The molecule has 17 nitrogen and oxygen atoms in total. The Balaban J connectivity index is 0.0000180. The number of carbonyl (C=O) groups is 1. The number of rotatable bonds is 37. The molecule has 1 aliphatic rings. The monoisotopic (exact) mass is 927 g/mol. The molecule has 7 atom stereocenters. The number of hydrogen-bond acceptors (Lipinski definition) is 15. The van der Waals surface area contributed by atoms with Crippen molar-refractivity contribution in [2.45, 2.75) is 199 Å². The fourth-order valence-electron chi connectivity index (χ4n) is 6.77. The van der Waals surface area contributed by atoms with Crippen molar-refractivity contribution in [3.8, 4) is 6.01 Å². The van der Waals surface area contributed by atoms with Gasteiger partial charge in [-0.1, -0.05) is 149 Å². The van der Waals surface area contributed by atoms with E-state index in [2.05, 4.69) is 23.1 Å². The average molecular weight is 928 g/mol. The summed E-state index contributed by atoms with van der Waals surface area (Å²) in [6.45, 7) is 2.93. The molecule has 0 bridgehead atoms. The van der Waals surface area contributed by atoms with Crippen LogP contribution in [0.3, 0.4) is 0 Å². The SMILES string of the molecule is CCCCCCCCCCCCCCCC(=O)OC(COCCCCCCCCCCCC)COP(=O)([O-])OP(=O)(O)OC[C@H]1O[C@@H](n2ccc(=N)nc2[O-])[C@@H](O)[C@@H]1O.[Na+].[Na+]. The topological polar surface area (TPSA) is 255 Å². The van der Waals surface area contributed by atoms with E-state index in [1.54, 1.807) is 0 Å². The van der Waals surface area contributed by atoms with Crippen LogP contribution in [0.1, 0.15) is 174 Å². The number of esters is 1. The second kappa shape index (κ2) is 36.4. The van der Waals surface area contributed by atoms with E-state index in [1.165, 1.54) is 96.3 Å². The van der Waals surface area contributed by atoms with Crippen LogP contribution in [0.5, 0.6) is 6.01 Å². The van der Waals surface area contributed by atoms with Crippen LogP contribution in [0.25, 0.3) is 0 Å². The van der Waals surface area contributed by atoms with Gasteiger partial charge in [0.25, 0.3) is 7.82 Å². The first-order chi connectivity index (χ1) is 28.3. The maximum absolute atomic E-state index is 12.7. The van der Waals surface area contributed by atoms with Crippen LogP contribution in [0.2, 0.25) is 0 Å². The van der Waals surface area contributed by atoms with Crippen LogP contribution in [-0.4, -0.2) is 81.5 Å². The Morgan fingerprint density at radius 3 is 1.80 bits per heavy atom. The molecule has 0 saturated carbocycles. The molecule has 0 aliphatic carbocycles. The summed E-state index contributed by atoms with van der Waals surface area (Å²) in [4.78, 5) is 39.0. The Morgan fingerprint density at radius 2 is 1.30 bits per heavy atom. The van der Waals surface area contributed by atoms with E-state index in [1.807, 2.05) is 0 Å². The number of phosphoric ester groups is 2. The van der Waals surface area contributed by atoms with Crippen molar-refractivity contribution in [3.05, 3.63) is 17.8 Å². The molecule has 1 aliphatic heterocycles. The standard InChI is InChI=1S/C40H75N3O14P2.2Na/c1-3-5-7-9-11-13-15-16-17-18-20-22-24-26-36(44)55-33(30-52-29-25-23-21-19-14-12-10-8-6-4-2)31-53-58(48,49)57-59(50,51)54-32-34-37(45)38(46)39(56-34)43-28-27-35(41)42-40(43)47;;/h27-28,33-34,37-39,45-46H,3-26,29-32H2,1-2H3,(H,48,49)(H,50,51)(H2,41,42,47);;/q;2*+1/p-2/t33?,34-,37-,38+,39-;;/m1../s1. The third kappa shape index (κ3) is 28.8. The molecule has 0 aromatic carbocycles. The molecular weight excluding hydrogens is 854 g/mol. The van der Waals surface area contributed by atoms with E-state index in [0.717, 1.165) is 61.8 Å². The summed E-state index contributed by atoms with van der Waals surface area (Å²) in [5.74, 6) is -0.550. The molecule has 0 radical (unpaired) electrons. The molecule has 3 unspecified atom stereocenters. The predicted molar refractivity (Wildman–Crippen MR) is 217 cm³/mol. The van der Waals surface area contributed by atoms with Crippen LogP contribution in [0.4, 0.5) is 0 Å². The number of aliphatic hydroxyl groups excluding tert-OH is 2. The van der Waals surface area contributed by atoms with Gasteiger partial charge in [0, 0.05) is 19.2 Å². The van der Waals surface area contributed by atoms with Gasteiger partial charge in [0.1, 0.15) is 29.9 Å². The van der Waals surface area contributed by atoms with Gasteiger partial charge in [-0.15, -0.1) is 0 Å². The Morgan fingerprint density at radius 1 is 0.803 bits per heavy atom. The van der Waals surface area contributed by atoms with Gasteiger partial charge in [0.2, 0.25) is 0 Å². The zero-order valence-corrected chi connectivity index (χ0v) is 43.3. The molecule has 1 saturated heterocycles. The Kier molecular flexibility index (Phi) is 36.5. The van der Waals surface area contributed by atoms with Gasteiger partial charge in [0.05, 0.1) is 25.8 Å².